The van der Waals surface area contributed by atoms with Gasteiger partial charge in [-0.1, -0.05) is 41.9 Å². The van der Waals surface area contributed by atoms with E-state index in [1.807, 2.05) is 61.5 Å². The standard InChI is InChI=1S/C27H22ClN3O3/c1-3-34-23-13-12-16(14-24(23)33-2)25-26-18(17-8-4-6-10-20(17)29-26)15-22(30-25)27(32)31-21-11-7-5-9-19(21)28/h4-15,29H,3H2,1-2H3,(H,31,32). The van der Waals surface area contributed by atoms with Crippen molar-refractivity contribution in [2.45, 2.75) is 6.92 Å². The Morgan fingerprint density at radius 3 is 2.59 bits per heavy atom. The summed E-state index contributed by atoms with van der Waals surface area (Å²) < 4.78 is 11.2. The van der Waals surface area contributed by atoms with E-state index in [0.29, 0.717) is 34.5 Å². The number of hydrogen-bond acceptors (Lipinski definition) is 4. The highest BCUT2D eigenvalue weighted by atomic mass is 35.5. The molecule has 6 nitrogen and oxygen atoms in total. The second-order valence-electron chi connectivity index (χ2n) is 7.68. The van der Waals surface area contributed by atoms with E-state index in [1.54, 1.807) is 25.3 Å². The first kappa shape index (κ1) is 21.8. The number of aromatic amines is 1. The second kappa shape index (κ2) is 9.08. The number of amides is 1. The first-order chi connectivity index (χ1) is 16.6. The number of nitrogens with zero attached hydrogens (tertiary/aromatic N) is 1. The molecule has 0 radical (unpaired) electrons. The zero-order valence-electron chi connectivity index (χ0n) is 18.7. The third-order valence-corrected chi connectivity index (χ3v) is 5.92. The fourth-order valence-corrected chi connectivity index (χ4v) is 4.19. The van der Waals surface area contributed by atoms with Crippen LogP contribution >= 0.6 is 11.6 Å². The molecule has 2 aromatic heterocycles. The summed E-state index contributed by atoms with van der Waals surface area (Å²) >= 11 is 6.25. The maximum atomic E-state index is 13.2. The van der Waals surface area contributed by atoms with E-state index < -0.39 is 0 Å². The number of carbonyl (C=O) groups excluding carboxylic acids is 1. The van der Waals surface area contributed by atoms with Gasteiger partial charge in [-0.2, -0.15) is 0 Å². The van der Waals surface area contributed by atoms with Gasteiger partial charge >= 0.3 is 0 Å². The van der Waals surface area contributed by atoms with E-state index in [-0.39, 0.29) is 11.6 Å². The number of nitrogens with one attached hydrogen (secondary N) is 2. The molecular weight excluding hydrogens is 450 g/mol. The number of carbonyl (C=O) groups is 1. The van der Waals surface area contributed by atoms with Crippen LogP contribution in [0.3, 0.4) is 0 Å². The molecule has 34 heavy (non-hydrogen) atoms. The van der Waals surface area contributed by atoms with Gasteiger partial charge in [-0.05, 0) is 49.4 Å². The van der Waals surface area contributed by atoms with Crippen molar-refractivity contribution < 1.29 is 14.3 Å². The van der Waals surface area contributed by atoms with Gasteiger partial charge in [-0.3, -0.25) is 4.79 Å². The molecule has 1 amide bonds. The minimum atomic E-state index is -0.348. The molecule has 170 valence electrons. The van der Waals surface area contributed by atoms with Crippen molar-refractivity contribution in [3.8, 4) is 22.8 Å². The molecule has 3 aromatic carbocycles. The number of fused-ring (bicyclic) bond motifs is 3. The molecule has 5 rings (SSSR count). The molecule has 0 saturated carbocycles. The molecule has 0 unspecified atom stereocenters. The van der Waals surface area contributed by atoms with Crippen molar-refractivity contribution in [2.75, 3.05) is 19.0 Å². The van der Waals surface area contributed by atoms with Crippen LogP contribution in [0.15, 0.2) is 72.8 Å². The SMILES string of the molecule is CCOc1ccc(-c2nc(C(=O)Nc3ccccc3Cl)cc3c2[nH]c2ccccc23)cc1OC. The van der Waals surface area contributed by atoms with Crippen LogP contribution in [0.2, 0.25) is 5.02 Å². The van der Waals surface area contributed by atoms with Crippen molar-refractivity contribution in [1.82, 2.24) is 9.97 Å². The fourth-order valence-electron chi connectivity index (χ4n) is 4.01. The van der Waals surface area contributed by atoms with E-state index in [0.717, 1.165) is 27.4 Å². The second-order valence-corrected chi connectivity index (χ2v) is 8.09. The van der Waals surface area contributed by atoms with Crippen LogP contribution in [0.4, 0.5) is 5.69 Å². The van der Waals surface area contributed by atoms with Gasteiger partial charge in [-0.25, -0.2) is 4.98 Å². The molecule has 0 bridgehead atoms. The monoisotopic (exact) mass is 471 g/mol. The summed E-state index contributed by atoms with van der Waals surface area (Å²) in [6.07, 6.45) is 0. The minimum absolute atomic E-state index is 0.278. The summed E-state index contributed by atoms with van der Waals surface area (Å²) in [5.41, 5.74) is 4.03. The summed E-state index contributed by atoms with van der Waals surface area (Å²) in [5.74, 6) is 0.894. The lowest BCUT2D eigenvalue weighted by atomic mass is 10.1. The number of methoxy groups -OCH3 is 1. The lowest BCUT2D eigenvalue weighted by Gasteiger charge is -2.12. The number of hydrogen-bond donors (Lipinski definition) is 2. The van der Waals surface area contributed by atoms with Crippen LogP contribution in [0.25, 0.3) is 33.1 Å². The molecule has 0 saturated heterocycles. The van der Waals surface area contributed by atoms with Gasteiger partial charge in [0.05, 0.1) is 35.6 Å². The molecule has 2 heterocycles. The topological polar surface area (TPSA) is 76.2 Å². The van der Waals surface area contributed by atoms with Crippen molar-refractivity contribution in [1.29, 1.82) is 0 Å². The summed E-state index contributed by atoms with van der Waals surface area (Å²) in [7, 11) is 1.60. The molecule has 5 aromatic rings. The molecule has 7 heteroatoms. The number of aromatic nitrogens is 2. The quantitative estimate of drug-likeness (QED) is 0.289. The molecule has 2 N–H and O–H groups in total. The Bertz CT molecular complexity index is 1530. The molecule has 0 aliphatic heterocycles. The minimum Gasteiger partial charge on any atom is -0.493 e. The zero-order chi connectivity index (χ0) is 23.7. The van der Waals surface area contributed by atoms with Gasteiger partial charge in [0.25, 0.3) is 5.91 Å². The Balaban J connectivity index is 1.69. The Labute approximate surface area is 201 Å². The molecule has 0 fully saturated rings. The van der Waals surface area contributed by atoms with Gasteiger partial charge in [0, 0.05) is 21.9 Å². The maximum Gasteiger partial charge on any atom is 0.274 e. The maximum absolute atomic E-state index is 13.2. The highest BCUT2D eigenvalue weighted by Gasteiger charge is 2.19. The van der Waals surface area contributed by atoms with Crippen molar-refractivity contribution in [3.05, 3.63) is 83.5 Å². The lowest BCUT2D eigenvalue weighted by Crippen LogP contribution is -2.14. The largest absolute Gasteiger partial charge is 0.493 e. The number of para-hydroxylation sites is 2. The van der Waals surface area contributed by atoms with Crippen LogP contribution in [0.1, 0.15) is 17.4 Å². The molecule has 0 aliphatic carbocycles. The smallest absolute Gasteiger partial charge is 0.274 e. The third kappa shape index (κ3) is 3.93. The molecule has 0 atom stereocenters. The Morgan fingerprint density at radius 1 is 1.00 bits per heavy atom. The summed E-state index contributed by atoms with van der Waals surface area (Å²) in [6.45, 7) is 2.45. The predicted molar refractivity (Wildman–Crippen MR) is 136 cm³/mol. The predicted octanol–water partition coefficient (Wildman–Crippen LogP) is 6.70. The number of pyridine rings is 1. The average molecular weight is 472 g/mol. The van der Waals surface area contributed by atoms with Crippen LogP contribution in [-0.2, 0) is 0 Å². The zero-order valence-corrected chi connectivity index (χ0v) is 19.4. The Morgan fingerprint density at radius 2 is 1.79 bits per heavy atom. The molecule has 0 spiro atoms. The van der Waals surface area contributed by atoms with E-state index in [1.165, 1.54) is 0 Å². The summed E-state index contributed by atoms with van der Waals surface area (Å²) in [5, 5.41) is 5.24. The van der Waals surface area contributed by atoms with Crippen LogP contribution < -0.4 is 14.8 Å². The Hall–Kier alpha value is -4.03. The fraction of sp³-hybridized carbons (Fsp3) is 0.111. The molecule has 0 aliphatic rings. The van der Waals surface area contributed by atoms with Gasteiger partial charge in [0.1, 0.15) is 5.69 Å². The van der Waals surface area contributed by atoms with E-state index in [2.05, 4.69) is 10.3 Å². The molecular formula is C27H22ClN3O3. The highest BCUT2D eigenvalue weighted by molar-refractivity contribution is 6.34. The number of H-pyrrole nitrogens is 1. The van der Waals surface area contributed by atoms with Crippen LogP contribution in [-0.4, -0.2) is 29.6 Å². The Kier molecular flexibility index (Phi) is 5.82. The van der Waals surface area contributed by atoms with Crippen molar-refractivity contribution in [3.63, 3.8) is 0 Å². The first-order valence-corrected chi connectivity index (χ1v) is 11.3. The van der Waals surface area contributed by atoms with E-state index in [4.69, 9.17) is 26.1 Å². The van der Waals surface area contributed by atoms with Gasteiger partial charge < -0.3 is 19.8 Å². The number of rotatable bonds is 6. The number of halogens is 1. The summed E-state index contributed by atoms with van der Waals surface area (Å²) in [4.78, 5) is 21.4. The van der Waals surface area contributed by atoms with Gasteiger partial charge in [0.15, 0.2) is 11.5 Å². The third-order valence-electron chi connectivity index (χ3n) is 5.59. The van der Waals surface area contributed by atoms with Crippen molar-refractivity contribution in [2.24, 2.45) is 0 Å². The number of anilines is 1. The van der Waals surface area contributed by atoms with Gasteiger partial charge in [-0.15, -0.1) is 0 Å². The average Bonchev–Trinajstić information content (AvgIpc) is 3.24. The first-order valence-electron chi connectivity index (χ1n) is 10.9. The highest BCUT2D eigenvalue weighted by Crippen LogP contribution is 2.37. The van der Waals surface area contributed by atoms with Crippen molar-refractivity contribution >= 4 is 45.0 Å². The van der Waals surface area contributed by atoms with E-state index in [9.17, 15) is 4.79 Å². The normalized spacial score (nSPS) is 11.0. The number of benzene rings is 3. The summed E-state index contributed by atoms with van der Waals surface area (Å²) in [6, 6.07) is 22.5. The van der Waals surface area contributed by atoms with Crippen LogP contribution in [0.5, 0.6) is 11.5 Å². The van der Waals surface area contributed by atoms with Gasteiger partial charge in [0.2, 0.25) is 0 Å². The number of ether oxygens (including phenoxy) is 2. The van der Waals surface area contributed by atoms with E-state index >= 15 is 0 Å². The van der Waals surface area contributed by atoms with Crippen LogP contribution in [0, 0.1) is 0 Å². The lowest BCUT2D eigenvalue weighted by molar-refractivity contribution is 0.102.